The summed E-state index contributed by atoms with van der Waals surface area (Å²) in [6, 6.07) is 11.9. The van der Waals surface area contributed by atoms with Crippen LogP contribution in [-0.2, 0) is 16.1 Å². The zero-order chi connectivity index (χ0) is 21.4. The van der Waals surface area contributed by atoms with E-state index in [9.17, 15) is 14.0 Å². The zero-order valence-corrected chi connectivity index (χ0v) is 17.5. The van der Waals surface area contributed by atoms with Crippen molar-refractivity contribution in [2.45, 2.75) is 40.2 Å². The number of halogens is 1. The number of benzene rings is 2. The Hall–Kier alpha value is -2.89. The van der Waals surface area contributed by atoms with Gasteiger partial charge >= 0.3 is 0 Å². The molecule has 0 saturated carbocycles. The Morgan fingerprint density at radius 3 is 2.45 bits per heavy atom. The Morgan fingerprint density at radius 1 is 1.14 bits per heavy atom. The van der Waals surface area contributed by atoms with Gasteiger partial charge in [0.15, 0.2) is 6.61 Å². The molecular weight excluding hydrogens is 371 g/mol. The van der Waals surface area contributed by atoms with Crippen molar-refractivity contribution in [1.82, 2.24) is 10.2 Å². The molecule has 0 atom stereocenters. The van der Waals surface area contributed by atoms with E-state index in [1.165, 1.54) is 17.0 Å². The molecule has 29 heavy (non-hydrogen) atoms. The number of nitrogens with one attached hydrogen (secondary N) is 1. The van der Waals surface area contributed by atoms with Crippen molar-refractivity contribution in [3.05, 3.63) is 65.0 Å². The summed E-state index contributed by atoms with van der Waals surface area (Å²) in [5.41, 5.74) is 2.89. The smallest absolute Gasteiger partial charge is 0.260 e. The normalized spacial score (nSPS) is 10.7. The summed E-state index contributed by atoms with van der Waals surface area (Å²) < 4.78 is 18.7. The molecule has 0 aromatic heterocycles. The van der Waals surface area contributed by atoms with E-state index in [0.29, 0.717) is 18.2 Å². The van der Waals surface area contributed by atoms with Crippen LogP contribution in [-0.4, -0.2) is 36.4 Å². The standard InChI is InChI=1S/C23H29FN2O3/c1-5-26(14-22(27)25-13-18-7-10-20(24)11-8-18)23(28)15-29-21-12-19(16(2)3)9-6-17(21)4/h6-12,16H,5,13-15H2,1-4H3,(H,25,27). The molecular formula is C23H29FN2O3. The van der Waals surface area contributed by atoms with E-state index in [0.717, 1.165) is 16.7 Å². The van der Waals surface area contributed by atoms with Crippen LogP contribution in [0, 0.1) is 12.7 Å². The summed E-state index contributed by atoms with van der Waals surface area (Å²) in [5.74, 6) is 0.199. The van der Waals surface area contributed by atoms with Crippen LogP contribution in [0.15, 0.2) is 42.5 Å². The highest BCUT2D eigenvalue weighted by Crippen LogP contribution is 2.24. The summed E-state index contributed by atoms with van der Waals surface area (Å²) in [5, 5.41) is 2.74. The second-order valence-corrected chi connectivity index (χ2v) is 7.28. The van der Waals surface area contributed by atoms with Gasteiger partial charge < -0.3 is 15.0 Å². The monoisotopic (exact) mass is 400 g/mol. The fourth-order valence-electron chi connectivity index (χ4n) is 2.77. The van der Waals surface area contributed by atoms with Crippen LogP contribution in [0.25, 0.3) is 0 Å². The highest BCUT2D eigenvalue weighted by molar-refractivity contribution is 5.85. The minimum atomic E-state index is -0.322. The quantitative estimate of drug-likeness (QED) is 0.697. The van der Waals surface area contributed by atoms with Crippen LogP contribution in [0.3, 0.4) is 0 Å². The Kier molecular flexibility index (Phi) is 8.19. The van der Waals surface area contributed by atoms with E-state index in [1.807, 2.05) is 26.0 Å². The van der Waals surface area contributed by atoms with Gasteiger partial charge in [0.2, 0.25) is 5.91 Å². The van der Waals surface area contributed by atoms with Gasteiger partial charge in [0.1, 0.15) is 11.6 Å². The summed E-state index contributed by atoms with van der Waals surface area (Å²) in [7, 11) is 0. The molecule has 2 aromatic rings. The molecule has 0 spiro atoms. The molecule has 0 unspecified atom stereocenters. The molecule has 0 fully saturated rings. The van der Waals surface area contributed by atoms with E-state index in [2.05, 4.69) is 25.2 Å². The third kappa shape index (κ3) is 6.89. The lowest BCUT2D eigenvalue weighted by Gasteiger charge is -2.21. The number of likely N-dealkylation sites (N-methyl/N-ethyl adjacent to an activating group) is 1. The molecule has 2 amide bonds. The van der Waals surface area contributed by atoms with E-state index in [1.54, 1.807) is 12.1 Å². The van der Waals surface area contributed by atoms with Gasteiger partial charge in [-0.3, -0.25) is 9.59 Å². The van der Waals surface area contributed by atoms with Gasteiger partial charge in [0.25, 0.3) is 5.91 Å². The first-order valence-corrected chi connectivity index (χ1v) is 9.82. The summed E-state index contributed by atoms with van der Waals surface area (Å²) in [4.78, 5) is 26.1. The predicted molar refractivity (Wildman–Crippen MR) is 111 cm³/mol. The first-order valence-electron chi connectivity index (χ1n) is 9.82. The van der Waals surface area contributed by atoms with Gasteiger partial charge in [-0.15, -0.1) is 0 Å². The van der Waals surface area contributed by atoms with Crippen molar-refractivity contribution in [3.63, 3.8) is 0 Å². The highest BCUT2D eigenvalue weighted by Gasteiger charge is 2.17. The Morgan fingerprint density at radius 2 is 1.83 bits per heavy atom. The van der Waals surface area contributed by atoms with Crippen LogP contribution in [0.5, 0.6) is 5.75 Å². The molecule has 2 aromatic carbocycles. The maximum Gasteiger partial charge on any atom is 0.260 e. The summed E-state index contributed by atoms with van der Waals surface area (Å²) in [6.07, 6.45) is 0. The van der Waals surface area contributed by atoms with Crippen molar-refractivity contribution in [2.24, 2.45) is 0 Å². The Balaban J connectivity index is 1.87. The number of nitrogens with zero attached hydrogens (tertiary/aromatic N) is 1. The molecule has 5 nitrogen and oxygen atoms in total. The molecule has 0 aliphatic rings. The summed E-state index contributed by atoms with van der Waals surface area (Å²) in [6.45, 7) is 8.46. The fourth-order valence-corrected chi connectivity index (χ4v) is 2.77. The van der Waals surface area contributed by atoms with Gasteiger partial charge in [-0.2, -0.15) is 0 Å². The number of ether oxygens (including phenoxy) is 1. The lowest BCUT2D eigenvalue weighted by Crippen LogP contribution is -2.42. The molecule has 0 heterocycles. The van der Waals surface area contributed by atoms with Gasteiger partial charge in [-0.25, -0.2) is 4.39 Å². The Bertz CT molecular complexity index is 835. The second-order valence-electron chi connectivity index (χ2n) is 7.28. The number of amides is 2. The minimum absolute atomic E-state index is 0.0507. The van der Waals surface area contributed by atoms with E-state index >= 15 is 0 Å². The maximum absolute atomic E-state index is 12.9. The van der Waals surface area contributed by atoms with Gasteiger partial charge in [0, 0.05) is 13.1 Å². The lowest BCUT2D eigenvalue weighted by molar-refractivity contribution is -0.137. The molecule has 0 bridgehead atoms. The van der Waals surface area contributed by atoms with Crippen molar-refractivity contribution in [2.75, 3.05) is 19.7 Å². The number of carbonyl (C=O) groups is 2. The van der Waals surface area contributed by atoms with Crippen molar-refractivity contribution in [3.8, 4) is 5.75 Å². The minimum Gasteiger partial charge on any atom is -0.483 e. The first-order chi connectivity index (χ1) is 13.8. The molecule has 0 aliphatic heterocycles. The van der Waals surface area contributed by atoms with Crippen molar-refractivity contribution < 1.29 is 18.7 Å². The van der Waals surface area contributed by atoms with Gasteiger partial charge in [0.05, 0.1) is 6.54 Å². The maximum atomic E-state index is 12.9. The fraction of sp³-hybridized carbons (Fsp3) is 0.391. The number of carbonyl (C=O) groups excluding carboxylic acids is 2. The Labute approximate surface area is 171 Å². The summed E-state index contributed by atoms with van der Waals surface area (Å²) >= 11 is 0. The molecule has 1 N–H and O–H groups in total. The van der Waals surface area contributed by atoms with E-state index < -0.39 is 0 Å². The number of rotatable bonds is 9. The average molecular weight is 400 g/mol. The van der Waals surface area contributed by atoms with Gasteiger partial charge in [-0.05, 0) is 54.7 Å². The third-order valence-corrected chi connectivity index (χ3v) is 4.70. The van der Waals surface area contributed by atoms with Crippen LogP contribution in [0.2, 0.25) is 0 Å². The largest absolute Gasteiger partial charge is 0.483 e. The second kappa shape index (κ2) is 10.6. The molecule has 0 saturated heterocycles. The van der Waals surface area contributed by atoms with Crippen LogP contribution in [0.4, 0.5) is 4.39 Å². The van der Waals surface area contributed by atoms with Crippen LogP contribution in [0.1, 0.15) is 43.4 Å². The number of hydrogen-bond acceptors (Lipinski definition) is 3. The molecule has 2 rings (SSSR count). The van der Waals surface area contributed by atoms with Crippen LogP contribution >= 0.6 is 0 Å². The predicted octanol–water partition coefficient (Wildman–Crippen LogP) is 3.80. The topological polar surface area (TPSA) is 58.6 Å². The lowest BCUT2D eigenvalue weighted by atomic mass is 10.0. The van der Waals surface area contributed by atoms with Gasteiger partial charge in [-0.1, -0.05) is 38.1 Å². The van der Waals surface area contributed by atoms with Crippen LogP contribution < -0.4 is 10.1 Å². The highest BCUT2D eigenvalue weighted by atomic mass is 19.1. The molecule has 156 valence electrons. The molecule has 0 aliphatic carbocycles. The average Bonchev–Trinajstić information content (AvgIpc) is 2.70. The number of aryl methyl sites for hydroxylation is 1. The SMILES string of the molecule is CCN(CC(=O)NCc1ccc(F)cc1)C(=O)COc1cc(C(C)C)ccc1C. The zero-order valence-electron chi connectivity index (χ0n) is 17.5. The van der Waals surface area contributed by atoms with E-state index in [4.69, 9.17) is 4.74 Å². The first kappa shape index (κ1) is 22.4. The number of hydrogen-bond donors (Lipinski definition) is 1. The van der Waals surface area contributed by atoms with E-state index in [-0.39, 0.29) is 37.3 Å². The van der Waals surface area contributed by atoms with Crippen molar-refractivity contribution in [1.29, 1.82) is 0 Å². The molecule has 6 heteroatoms. The molecule has 0 radical (unpaired) electrons. The third-order valence-electron chi connectivity index (χ3n) is 4.70. The van der Waals surface area contributed by atoms with Crippen molar-refractivity contribution >= 4 is 11.8 Å².